The summed E-state index contributed by atoms with van der Waals surface area (Å²) < 4.78 is 23.8. The lowest BCUT2D eigenvalue weighted by Gasteiger charge is -2.33. The largest absolute Gasteiger partial charge is 0.308 e. The lowest BCUT2D eigenvalue weighted by Crippen LogP contribution is -2.36. The minimum absolute atomic E-state index is 0.179. The van der Waals surface area contributed by atoms with Crippen LogP contribution in [0.3, 0.4) is 0 Å². The maximum Gasteiger partial charge on any atom is 0.150 e. The van der Waals surface area contributed by atoms with E-state index in [1.807, 2.05) is 6.92 Å². The molecule has 1 heterocycles. The normalized spacial score (nSPS) is 24.9. The summed E-state index contributed by atoms with van der Waals surface area (Å²) in [7, 11) is -2.94. The van der Waals surface area contributed by atoms with Crippen LogP contribution in [0.5, 0.6) is 0 Å². The highest BCUT2D eigenvalue weighted by Crippen LogP contribution is 2.37. The molecule has 2 rings (SSSR count). The Balaban J connectivity index is 2.16. The van der Waals surface area contributed by atoms with Gasteiger partial charge in [0.25, 0.3) is 0 Å². The van der Waals surface area contributed by atoms with Crippen LogP contribution >= 0.6 is 11.3 Å². The van der Waals surface area contributed by atoms with Crippen LogP contribution in [0, 0.1) is 12.8 Å². The zero-order chi connectivity index (χ0) is 15.5. The summed E-state index contributed by atoms with van der Waals surface area (Å²) in [4.78, 5) is 4.63. The van der Waals surface area contributed by atoms with Crippen molar-refractivity contribution < 1.29 is 8.42 Å². The van der Waals surface area contributed by atoms with Gasteiger partial charge in [-0.2, -0.15) is 0 Å². The smallest absolute Gasteiger partial charge is 0.150 e. The SMILES string of the molecule is CCCNC(c1csc(C)n1)C1CCCC(S(C)(=O)=O)C1. The van der Waals surface area contributed by atoms with Gasteiger partial charge in [0.1, 0.15) is 9.84 Å². The van der Waals surface area contributed by atoms with Crippen molar-refractivity contribution in [3.63, 3.8) is 0 Å². The van der Waals surface area contributed by atoms with Gasteiger partial charge in [-0.3, -0.25) is 0 Å². The summed E-state index contributed by atoms with van der Waals surface area (Å²) >= 11 is 1.67. The molecule has 0 aliphatic heterocycles. The Labute approximate surface area is 132 Å². The molecule has 0 radical (unpaired) electrons. The van der Waals surface area contributed by atoms with Crippen LogP contribution < -0.4 is 5.32 Å². The molecule has 1 saturated carbocycles. The van der Waals surface area contributed by atoms with Crippen molar-refractivity contribution in [3.8, 4) is 0 Å². The fourth-order valence-electron chi connectivity index (χ4n) is 3.21. The number of thiazole rings is 1. The Kier molecular flexibility index (Phi) is 5.80. The number of hydrogen-bond donors (Lipinski definition) is 1. The molecule has 4 nitrogen and oxygen atoms in total. The Morgan fingerprint density at radius 2 is 2.24 bits per heavy atom. The van der Waals surface area contributed by atoms with Gasteiger partial charge in [-0.15, -0.1) is 11.3 Å². The molecule has 0 spiro atoms. The zero-order valence-corrected chi connectivity index (χ0v) is 14.8. The molecule has 1 fully saturated rings. The molecule has 3 atom stereocenters. The fraction of sp³-hybridized carbons (Fsp3) is 0.800. The number of sulfone groups is 1. The molecule has 0 bridgehead atoms. The average molecular weight is 331 g/mol. The van der Waals surface area contributed by atoms with E-state index in [1.165, 1.54) is 6.26 Å². The van der Waals surface area contributed by atoms with Gasteiger partial charge in [0.05, 0.1) is 22.0 Å². The molecule has 0 saturated heterocycles. The van der Waals surface area contributed by atoms with Gasteiger partial charge in [0.2, 0.25) is 0 Å². The number of nitrogens with zero attached hydrogens (tertiary/aromatic N) is 1. The quantitative estimate of drug-likeness (QED) is 0.871. The molecular formula is C15H26N2O2S2. The fourth-order valence-corrected chi connectivity index (χ4v) is 5.05. The van der Waals surface area contributed by atoms with E-state index in [4.69, 9.17) is 0 Å². The van der Waals surface area contributed by atoms with E-state index >= 15 is 0 Å². The van der Waals surface area contributed by atoms with Crippen LogP contribution in [0.15, 0.2) is 5.38 Å². The zero-order valence-electron chi connectivity index (χ0n) is 13.1. The van der Waals surface area contributed by atoms with E-state index < -0.39 is 9.84 Å². The van der Waals surface area contributed by atoms with Gasteiger partial charge < -0.3 is 5.32 Å². The third-order valence-corrected chi connectivity index (χ3v) is 6.74. The van der Waals surface area contributed by atoms with Gasteiger partial charge in [0, 0.05) is 11.6 Å². The average Bonchev–Trinajstić information content (AvgIpc) is 2.85. The van der Waals surface area contributed by atoms with Crippen molar-refractivity contribution in [2.45, 2.75) is 57.2 Å². The van der Waals surface area contributed by atoms with Gasteiger partial charge in [-0.1, -0.05) is 13.3 Å². The molecule has 6 heteroatoms. The molecule has 1 N–H and O–H groups in total. The van der Waals surface area contributed by atoms with Crippen LogP contribution in [-0.2, 0) is 9.84 Å². The molecule has 0 aromatic carbocycles. The van der Waals surface area contributed by atoms with Gasteiger partial charge in [-0.25, -0.2) is 13.4 Å². The first-order chi connectivity index (χ1) is 9.91. The molecule has 1 aliphatic carbocycles. The Hall–Kier alpha value is -0.460. The third kappa shape index (κ3) is 4.50. The van der Waals surface area contributed by atoms with E-state index in [-0.39, 0.29) is 11.3 Å². The van der Waals surface area contributed by atoms with Crippen LogP contribution in [-0.4, -0.2) is 31.5 Å². The molecule has 0 amide bonds. The molecule has 21 heavy (non-hydrogen) atoms. The second-order valence-electron chi connectivity index (χ2n) is 6.10. The van der Waals surface area contributed by atoms with Crippen LogP contribution in [0.4, 0.5) is 0 Å². The van der Waals surface area contributed by atoms with E-state index in [1.54, 1.807) is 11.3 Å². The van der Waals surface area contributed by atoms with Crippen molar-refractivity contribution in [2.24, 2.45) is 5.92 Å². The van der Waals surface area contributed by atoms with Gasteiger partial charge in [-0.05, 0) is 45.1 Å². The summed E-state index contributed by atoms with van der Waals surface area (Å²) in [6.07, 6.45) is 6.10. The minimum Gasteiger partial charge on any atom is -0.308 e. The van der Waals surface area contributed by atoms with Crippen LogP contribution in [0.1, 0.15) is 55.8 Å². The highest BCUT2D eigenvalue weighted by Gasteiger charge is 2.34. The standard InChI is InChI=1S/C15H26N2O2S2/c1-4-8-16-15(14-10-20-11(2)17-14)12-6-5-7-13(9-12)21(3,18)19/h10,12-13,15-16H,4-9H2,1-3H3. The third-order valence-electron chi connectivity index (χ3n) is 4.31. The van der Waals surface area contributed by atoms with Crippen molar-refractivity contribution in [1.82, 2.24) is 10.3 Å². The molecule has 120 valence electrons. The first kappa shape index (κ1) is 16.9. The first-order valence-electron chi connectivity index (χ1n) is 7.76. The molecule has 1 aromatic heterocycles. The minimum atomic E-state index is -2.94. The summed E-state index contributed by atoms with van der Waals surface area (Å²) in [5.41, 5.74) is 1.09. The molecule has 1 aliphatic rings. The Bertz CT molecular complexity index is 554. The Morgan fingerprint density at radius 1 is 1.48 bits per heavy atom. The van der Waals surface area contributed by atoms with Crippen molar-refractivity contribution in [1.29, 1.82) is 0 Å². The highest BCUT2D eigenvalue weighted by molar-refractivity contribution is 7.91. The Morgan fingerprint density at radius 3 is 2.81 bits per heavy atom. The molecule has 1 aromatic rings. The lowest BCUT2D eigenvalue weighted by atomic mass is 9.82. The number of nitrogens with one attached hydrogen (secondary N) is 1. The predicted octanol–water partition coefficient (Wildman–Crippen LogP) is 3.10. The lowest BCUT2D eigenvalue weighted by molar-refractivity contribution is 0.269. The monoisotopic (exact) mass is 330 g/mol. The van der Waals surface area contributed by atoms with Crippen molar-refractivity contribution >= 4 is 21.2 Å². The number of aromatic nitrogens is 1. The second-order valence-corrected chi connectivity index (χ2v) is 9.49. The van der Waals surface area contributed by atoms with Gasteiger partial charge in [0.15, 0.2) is 0 Å². The van der Waals surface area contributed by atoms with Crippen LogP contribution in [0.25, 0.3) is 0 Å². The summed E-state index contributed by atoms with van der Waals surface area (Å²) in [6.45, 7) is 5.11. The highest BCUT2D eigenvalue weighted by atomic mass is 32.2. The maximum absolute atomic E-state index is 11.9. The summed E-state index contributed by atoms with van der Waals surface area (Å²) in [5, 5.41) is 6.60. The van der Waals surface area contributed by atoms with Gasteiger partial charge >= 0.3 is 0 Å². The van der Waals surface area contributed by atoms with E-state index in [2.05, 4.69) is 22.6 Å². The molecular weight excluding hydrogens is 304 g/mol. The topological polar surface area (TPSA) is 59.1 Å². The van der Waals surface area contributed by atoms with Crippen LogP contribution in [0.2, 0.25) is 0 Å². The van der Waals surface area contributed by atoms with E-state index in [9.17, 15) is 8.42 Å². The van der Waals surface area contributed by atoms with E-state index in [0.29, 0.717) is 5.92 Å². The van der Waals surface area contributed by atoms with E-state index in [0.717, 1.165) is 49.4 Å². The predicted molar refractivity (Wildman–Crippen MR) is 88.5 cm³/mol. The number of rotatable bonds is 6. The molecule has 3 unspecified atom stereocenters. The number of aryl methyl sites for hydroxylation is 1. The first-order valence-corrected chi connectivity index (χ1v) is 10.6. The van der Waals surface area contributed by atoms with Crippen molar-refractivity contribution in [3.05, 3.63) is 16.1 Å². The number of hydrogen-bond acceptors (Lipinski definition) is 5. The maximum atomic E-state index is 11.9. The second kappa shape index (κ2) is 7.20. The summed E-state index contributed by atoms with van der Waals surface area (Å²) in [5.74, 6) is 0.367. The van der Waals surface area contributed by atoms with Crippen molar-refractivity contribution in [2.75, 3.05) is 12.8 Å². The summed E-state index contributed by atoms with van der Waals surface area (Å²) in [6, 6.07) is 0.194.